The molecule has 0 radical (unpaired) electrons. The predicted octanol–water partition coefficient (Wildman–Crippen LogP) is 3.07. The minimum atomic E-state index is -0.534. The smallest absolute Gasteiger partial charge is 0.132 e. The van der Waals surface area contributed by atoms with Crippen LogP contribution in [0.2, 0.25) is 0 Å². The van der Waals surface area contributed by atoms with E-state index < -0.39 is 5.82 Å². The summed E-state index contributed by atoms with van der Waals surface area (Å²) in [5, 5.41) is 22.5. The van der Waals surface area contributed by atoms with Crippen LogP contribution in [0.1, 0.15) is 16.7 Å². The van der Waals surface area contributed by atoms with Gasteiger partial charge in [-0.25, -0.2) is 4.39 Å². The fraction of sp³-hybridized carbons (Fsp3) is 0.133. The summed E-state index contributed by atoms with van der Waals surface area (Å²) >= 11 is 0. The molecule has 4 nitrogen and oxygen atoms in total. The molecule has 0 fully saturated rings. The molecule has 0 atom stereocenters. The average Bonchev–Trinajstić information content (AvgIpc) is 2.46. The van der Waals surface area contributed by atoms with Crippen LogP contribution in [0.25, 0.3) is 0 Å². The lowest BCUT2D eigenvalue weighted by molar-refractivity contribution is 0.319. The van der Waals surface area contributed by atoms with Gasteiger partial charge in [0.25, 0.3) is 0 Å². The van der Waals surface area contributed by atoms with E-state index >= 15 is 0 Å². The van der Waals surface area contributed by atoms with Gasteiger partial charge in [-0.15, -0.1) is 0 Å². The van der Waals surface area contributed by atoms with Crippen molar-refractivity contribution in [2.24, 2.45) is 5.16 Å². The summed E-state index contributed by atoms with van der Waals surface area (Å²) < 4.78 is 18.9. The van der Waals surface area contributed by atoms with E-state index in [4.69, 9.17) is 4.74 Å². The molecule has 2 aromatic rings. The number of methoxy groups -OCH3 is 1. The van der Waals surface area contributed by atoms with E-state index in [1.54, 1.807) is 19.1 Å². The first-order valence-corrected chi connectivity index (χ1v) is 5.94. The zero-order valence-electron chi connectivity index (χ0n) is 11.1. The van der Waals surface area contributed by atoms with E-state index in [2.05, 4.69) is 5.16 Å². The third-order valence-corrected chi connectivity index (χ3v) is 3.09. The van der Waals surface area contributed by atoms with Crippen LogP contribution in [0.3, 0.4) is 0 Å². The lowest BCUT2D eigenvalue weighted by atomic mass is 9.98. The van der Waals surface area contributed by atoms with Crippen molar-refractivity contribution in [1.82, 2.24) is 0 Å². The standard InChI is InChI=1S/C15H14FNO3/c1-9-13(20-2)8-7-11(15(9)18)14(17-19)10-5-3-4-6-12(10)16/h3-8,18-19H,1-2H3/b17-14+. The zero-order valence-corrected chi connectivity index (χ0v) is 11.1. The number of nitrogens with zero attached hydrogens (tertiary/aromatic N) is 1. The molecule has 0 aliphatic carbocycles. The Hall–Kier alpha value is -2.56. The summed E-state index contributed by atoms with van der Waals surface area (Å²) in [5.41, 5.74) is 0.791. The summed E-state index contributed by atoms with van der Waals surface area (Å²) in [6.45, 7) is 1.66. The van der Waals surface area contributed by atoms with Gasteiger partial charge >= 0.3 is 0 Å². The van der Waals surface area contributed by atoms with Crippen LogP contribution in [0.5, 0.6) is 11.5 Å². The summed E-state index contributed by atoms with van der Waals surface area (Å²) in [4.78, 5) is 0. The van der Waals surface area contributed by atoms with E-state index in [0.29, 0.717) is 11.3 Å². The molecule has 0 heterocycles. The van der Waals surface area contributed by atoms with E-state index in [1.165, 1.54) is 31.4 Å². The zero-order chi connectivity index (χ0) is 14.7. The predicted molar refractivity (Wildman–Crippen MR) is 73.2 cm³/mol. The fourth-order valence-corrected chi connectivity index (χ4v) is 2.00. The van der Waals surface area contributed by atoms with Crippen molar-refractivity contribution in [1.29, 1.82) is 0 Å². The van der Waals surface area contributed by atoms with Crippen molar-refractivity contribution >= 4 is 5.71 Å². The van der Waals surface area contributed by atoms with Gasteiger partial charge in [-0.2, -0.15) is 0 Å². The average molecular weight is 275 g/mol. The van der Waals surface area contributed by atoms with Crippen LogP contribution >= 0.6 is 0 Å². The Morgan fingerprint density at radius 1 is 1.15 bits per heavy atom. The highest BCUT2D eigenvalue weighted by atomic mass is 19.1. The van der Waals surface area contributed by atoms with Gasteiger partial charge in [0.1, 0.15) is 23.0 Å². The Labute approximate surface area is 115 Å². The number of phenolic OH excluding ortho intramolecular Hbond substituents is 1. The molecule has 20 heavy (non-hydrogen) atoms. The molecule has 2 N–H and O–H groups in total. The molecule has 0 saturated carbocycles. The first-order chi connectivity index (χ1) is 9.60. The van der Waals surface area contributed by atoms with E-state index in [9.17, 15) is 14.7 Å². The summed E-state index contributed by atoms with van der Waals surface area (Å²) in [5.74, 6) is -0.148. The number of benzene rings is 2. The Morgan fingerprint density at radius 2 is 1.85 bits per heavy atom. The Balaban J connectivity index is 2.61. The SMILES string of the molecule is COc1ccc(/C(=N/O)c2ccccc2F)c(O)c1C. The topological polar surface area (TPSA) is 62.0 Å². The lowest BCUT2D eigenvalue weighted by Crippen LogP contribution is -2.07. The van der Waals surface area contributed by atoms with Gasteiger partial charge in [-0.1, -0.05) is 17.3 Å². The minimum absolute atomic E-state index is 0.0358. The Bertz CT molecular complexity index is 668. The third kappa shape index (κ3) is 2.30. The summed E-state index contributed by atoms with van der Waals surface area (Å²) in [6.07, 6.45) is 0. The minimum Gasteiger partial charge on any atom is -0.507 e. The molecular weight excluding hydrogens is 261 g/mol. The van der Waals surface area contributed by atoms with Gasteiger partial charge in [0.05, 0.1) is 7.11 Å². The second-order valence-electron chi connectivity index (χ2n) is 4.22. The second-order valence-corrected chi connectivity index (χ2v) is 4.22. The van der Waals surface area contributed by atoms with Crippen LogP contribution < -0.4 is 4.74 Å². The molecule has 0 aromatic heterocycles. The van der Waals surface area contributed by atoms with E-state index in [-0.39, 0.29) is 22.6 Å². The molecule has 0 aliphatic rings. The fourth-order valence-electron chi connectivity index (χ4n) is 2.00. The van der Waals surface area contributed by atoms with Gasteiger partial charge in [-0.3, -0.25) is 0 Å². The van der Waals surface area contributed by atoms with Gasteiger partial charge in [0.2, 0.25) is 0 Å². The van der Waals surface area contributed by atoms with Crippen LogP contribution in [-0.2, 0) is 0 Å². The maximum Gasteiger partial charge on any atom is 0.132 e. The van der Waals surface area contributed by atoms with Gasteiger partial charge in [0.15, 0.2) is 0 Å². The molecule has 2 rings (SSSR count). The molecule has 0 unspecified atom stereocenters. The van der Waals surface area contributed by atoms with Gasteiger partial charge in [-0.05, 0) is 31.2 Å². The number of rotatable bonds is 3. The highest BCUT2D eigenvalue weighted by Gasteiger charge is 2.18. The van der Waals surface area contributed by atoms with Crippen LogP contribution in [0, 0.1) is 12.7 Å². The van der Waals surface area contributed by atoms with Crippen LogP contribution in [0.4, 0.5) is 4.39 Å². The first kappa shape index (κ1) is 13.9. The number of ether oxygens (including phenoxy) is 1. The number of oxime groups is 1. The van der Waals surface area contributed by atoms with Crippen molar-refractivity contribution in [2.45, 2.75) is 6.92 Å². The molecule has 2 aromatic carbocycles. The molecule has 0 spiro atoms. The highest BCUT2D eigenvalue weighted by Crippen LogP contribution is 2.32. The van der Waals surface area contributed by atoms with E-state index in [0.717, 1.165) is 0 Å². The van der Waals surface area contributed by atoms with Crippen molar-refractivity contribution in [3.05, 3.63) is 58.9 Å². The number of aromatic hydroxyl groups is 1. The molecule has 0 aliphatic heterocycles. The van der Waals surface area contributed by atoms with Crippen molar-refractivity contribution in [3.63, 3.8) is 0 Å². The van der Waals surface area contributed by atoms with Crippen molar-refractivity contribution in [2.75, 3.05) is 7.11 Å². The first-order valence-electron chi connectivity index (χ1n) is 5.94. The van der Waals surface area contributed by atoms with Gasteiger partial charge < -0.3 is 15.1 Å². The number of halogens is 1. The number of hydrogen-bond acceptors (Lipinski definition) is 4. The van der Waals surface area contributed by atoms with Crippen molar-refractivity contribution < 1.29 is 19.4 Å². The monoisotopic (exact) mass is 275 g/mol. The normalized spacial score (nSPS) is 11.4. The summed E-state index contributed by atoms with van der Waals surface area (Å²) in [7, 11) is 1.49. The Kier molecular flexibility index (Phi) is 3.89. The molecule has 5 heteroatoms. The maximum atomic E-state index is 13.8. The third-order valence-electron chi connectivity index (χ3n) is 3.09. The quantitative estimate of drug-likeness (QED) is 0.514. The van der Waals surface area contributed by atoms with Crippen LogP contribution in [0.15, 0.2) is 41.6 Å². The number of hydrogen-bond donors (Lipinski definition) is 2. The molecular formula is C15H14FNO3. The molecule has 104 valence electrons. The second kappa shape index (κ2) is 5.61. The van der Waals surface area contributed by atoms with E-state index in [1.807, 2.05) is 0 Å². The van der Waals surface area contributed by atoms with Crippen molar-refractivity contribution in [3.8, 4) is 11.5 Å². The maximum absolute atomic E-state index is 13.8. The molecule has 0 amide bonds. The summed E-state index contributed by atoms with van der Waals surface area (Å²) in [6, 6.07) is 9.03. The van der Waals surface area contributed by atoms with Gasteiger partial charge in [0, 0.05) is 16.7 Å². The lowest BCUT2D eigenvalue weighted by Gasteiger charge is -2.12. The Morgan fingerprint density at radius 3 is 2.45 bits per heavy atom. The van der Waals surface area contributed by atoms with Crippen LogP contribution in [-0.4, -0.2) is 23.1 Å². The molecule has 0 saturated heterocycles. The largest absolute Gasteiger partial charge is 0.507 e. The highest BCUT2D eigenvalue weighted by molar-refractivity contribution is 6.14. The number of phenols is 1. The molecule has 0 bridgehead atoms.